The smallest absolute Gasteiger partial charge is 0.257 e. The molecule has 1 saturated heterocycles. The Morgan fingerprint density at radius 3 is 2.62 bits per heavy atom. The molecule has 1 aromatic heterocycles. The second-order valence-electron chi connectivity index (χ2n) is 7.81. The summed E-state index contributed by atoms with van der Waals surface area (Å²) in [5, 5.41) is 12.3. The fraction of sp³-hybridized carbons (Fsp3) is 0.360. The van der Waals surface area contributed by atoms with Crippen molar-refractivity contribution in [1.29, 1.82) is 0 Å². The van der Waals surface area contributed by atoms with Crippen molar-refractivity contribution in [3.8, 4) is 11.5 Å². The molecule has 2 aromatic carbocycles. The van der Waals surface area contributed by atoms with Gasteiger partial charge >= 0.3 is 0 Å². The van der Waals surface area contributed by atoms with Gasteiger partial charge in [0.25, 0.3) is 5.91 Å². The molecule has 1 N–H and O–H groups in total. The second kappa shape index (κ2) is 10.6. The quantitative estimate of drug-likeness (QED) is 0.478. The lowest BCUT2D eigenvalue weighted by Gasteiger charge is -2.19. The van der Waals surface area contributed by atoms with E-state index < -0.39 is 0 Å². The Balaban J connectivity index is 1.45. The number of para-hydroxylation sites is 1. The molecule has 0 radical (unpaired) electrons. The highest BCUT2D eigenvalue weighted by Gasteiger charge is 2.34. The maximum Gasteiger partial charge on any atom is 0.257 e. The molecule has 1 fully saturated rings. The van der Waals surface area contributed by atoms with Crippen LogP contribution in [-0.2, 0) is 11.2 Å². The summed E-state index contributed by atoms with van der Waals surface area (Å²) in [6, 6.07) is 13.0. The Hall–Kier alpha value is -3.46. The predicted molar refractivity (Wildman–Crippen MR) is 132 cm³/mol. The van der Waals surface area contributed by atoms with Gasteiger partial charge in [0.2, 0.25) is 11.0 Å². The van der Waals surface area contributed by atoms with Crippen LogP contribution in [0.15, 0.2) is 42.5 Å². The molecule has 0 bridgehead atoms. The van der Waals surface area contributed by atoms with Crippen molar-refractivity contribution in [2.24, 2.45) is 0 Å². The number of amides is 2. The Labute approximate surface area is 202 Å². The second-order valence-corrected chi connectivity index (χ2v) is 8.82. The first-order chi connectivity index (χ1) is 16.5. The van der Waals surface area contributed by atoms with Gasteiger partial charge < -0.3 is 14.4 Å². The number of aromatic nitrogens is 2. The molecule has 34 heavy (non-hydrogen) atoms. The first kappa shape index (κ1) is 23.7. The van der Waals surface area contributed by atoms with Crippen LogP contribution in [0.3, 0.4) is 0 Å². The summed E-state index contributed by atoms with van der Waals surface area (Å²) in [7, 11) is 0. The Morgan fingerprint density at radius 1 is 1.09 bits per heavy atom. The molecule has 2 amide bonds. The zero-order valence-electron chi connectivity index (χ0n) is 19.5. The maximum absolute atomic E-state index is 12.8. The number of carbonyl (C=O) groups is 2. The Bertz CT molecular complexity index is 1180. The van der Waals surface area contributed by atoms with E-state index in [2.05, 4.69) is 22.4 Å². The van der Waals surface area contributed by atoms with Crippen LogP contribution in [0.5, 0.6) is 11.5 Å². The summed E-state index contributed by atoms with van der Waals surface area (Å²) in [4.78, 5) is 27.4. The molecule has 0 aliphatic carbocycles. The highest BCUT2D eigenvalue weighted by Crippen LogP contribution is 2.36. The van der Waals surface area contributed by atoms with Gasteiger partial charge in [-0.1, -0.05) is 36.5 Å². The molecule has 0 saturated carbocycles. The van der Waals surface area contributed by atoms with E-state index in [-0.39, 0.29) is 17.7 Å². The van der Waals surface area contributed by atoms with Gasteiger partial charge in [0.15, 0.2) is 11.5 Å². The standard InChI is InChI=1S/C25H28N4O4S/c1-4-16-9-7-8-10-19(16)29-15-18(14-22(29)30)24-27-28-25(34-24)26-23(31)17-11-12-20(32-5-2)21(13-17)33-6-3/h7-13,18H,4-6,14-15H2,1-3H3,(H,26,28,31). The van der Waals surface area contributed by atoms with Crippen molar-refractivity contribution in [2.45, 2.75) is 39.5 Å². The summed E-state index contributed by atoms with van der Waals surface area (Å²) in [6.07, 6.45) is 1.23. The van der Waals surface area contributed by atoms with E-state index >= 15 is 0 Å². The van der Waals surface area contributed by atoms with Crippen molar-refractivity contribution in [1.82, 2.24) is 10.2 Å². The van der Waals surface area contributed by atoms with Crippen molar-refractivity contribution >= 4 is 34.0 Å². The van der Waals surface area contributed by atoms with E-state index in [1.807, 2.05) is 43.0 Å². The molecule has 1 aliphatic rings. The zero-order chi connectivity index (χ0) is 24.1. The maximum atomic E-state index is 12.8. The molecule has 3 aromatic rings. The number of rotatable bonds is 9. The fourth-order valence-electron chi connectivity index (χ4n) is 3.99. The van der Waals surface area contributed by atoms with Crippen molar-refractivity contribution in [3.63, 3.8) is 0 Å². The topological polar surface area (TPSA) is 93.7 Å². The van der Waals surface area contributed by atoms with Crippen LogP contribution in [-0.4, -0.2) is 41.8 Å². The number of carbonyl (C=O) groups excluding carboxylic acids is 2. The third-order valence-corrected chi connectivity index (χ3v) is 6.61. The van der Waals surface area contributed by atoms with E-state index in [0.717, 1.165) is 22.7 Å². The van der Waals surface area contributed by atoms with E-state index in [1.54, 1.807) is 18.2 Å². The Kier molecular flexibility index (Phi) is 7.42. The van der Waals surface area contributed by atoms with E-state index in [4.69, 9.17) is 9.47 Å². The SMILES string of the molecule is CCOc1ccc(C(=O)Nc2nnc(C3CC(=O)N(c4ccccc4CC)C3)s2)cc1OCC. The minimum absolute atomic E-state index is 0.0596. The highest BCUT2D eigenvalue weighted by molar-refractivity contribution is 7.15. The molecule has 1 aliphatic heterocycles. The monoisotopic (exact) mass is 480 g/mol. The molecular formula is C25H28N4O4S. The van der Waals surface area contributed by atoms with Gasteiger partial charge in [-0.05, 0) is 50.1 Å². The normalized spacial score (nSPS) is 15.4. The minimum Gasteiger partial charge on any atom is -0.490 e. The molecule has 1 atom stereocenters. The molecule has 0 spiro atoms. The number of benzene rings is 2. The number of anilines is 2. The summed E-state index contributed by atoms with van der Waals surface area (Å²) < 4.78 is 11.2. The van der Waals surface area contributed by atoms with Crippen LogP contribution >= 0.6 is 11.3 Å². The summed E-state index contributed by atoms with van der Waals surface area (Å²) in [5.74, 6) is 0.818. The summed E-state index contributed by atoms with van der Waals surface area (Å²) in [6.45, 7) is 7.37. The molecule has 8 nitrogen and oxygen atoms in total. The van der Waals surface area contributed by atoms with Gasteiger partial charge in [-0.25, -0.2) is 0 Å². The average Bonchev–Trinajstić information content (AvgIpc) is 3.46. The van der Waals surface area contributed by atoms with Crippen LogP contribution < -0.4 is 19.7 Å². The molecular weight excluding hydrogens is 452 g/mol. The average molecular weight is 481 g/mol. The largest absolute Gasteiger partial charge is 0.490 e. The van der Waals surface area contributed by atoms with Crippen molar-refractivity contribution in [3.05, 3.63) is 58.6 Å². The first-order valence-electron chi connectivity index (χ1n) is 11.5. The molecule has 178 valence electrons. The minimum atomic E-state index is -0.312. The Morgan fingerprint density at radius 2 is 1.85 bits per heavy atom. The number of hydrogen-bond donors (Lipinski definition) is 1. The molecule has 1 unspecified atom stereocenters. The number of hydrogen-bond acceptors (Lipinski definition) is 7. The van der Waals surface area contributed by atoms with Gasteiger partial charge in [0, 0.05) is 30.1 Å². The summed E-state index contributed by atoms with van der Waals surface area (Å²) in [5.41, 5.74) is 2.53. The van der Waals surface area contributed by atoms with Gasteiger partial charge in [-0.15, -0.1) is 10.2 Å². The number of ether oxygens (including phenoxy) is 2. The molecule has 4 rings (SSSR count). The number of aryl methyl sites for hydroxylation is 1. The highest BCUT2D eigenvalue weighted by atomic mass is 32.1. The van der Waals surface area contributed by atoms with Crippen molar-refractivity contribution in [2.75, 3.05) is 30.0 Å². The van der Waals surface area contributed by atoms with Gasteiger partial charge in [-0.3, -0.25) is 14.9 Å². The van der Waals surface area contributed by atoms with Gasteiger partial charge in [-0.2, -0.15) is 0 Å². The fourth-order valence-corrected chi connectivity index (χ4v) is 4.82. The molecule has 9 heteroatoms. The van der Waals surface area contributed by atoms with Crippen LogP contribution in [0.1, 0.15) is 54.0 Å². The lowest BCUT2D eigenvalue weighted by atomic mass is 10.1. The van der Waals surface area contributed by atoms with Crippen LogP contribution in [0.2, 0.25) is 0 Å². The van der Waals surface area contributed by atoms with E-state index in [9.17, 15) is 9.59 Å². The lowest BCUT2D eigenvalue weighted by molar-refractivity contribution is -0.117. The number of nitrogens with zero attached hydrogens (tertiary/aromatic N) is 3. The third kappa shape index (κ3) is 5.04. The third-order valence-electron chi connectivity index (χ3n) is 5.60. The van der Waals surface area contributed by atoms with Crippen molar-refractivity contribution < 1.29 is 19.1 Å². The van der Waals surface area contributed by atoms with Crippen LogP contribution in [0.4, 0.5) is 10.8 Å². The van der Waals surface area contributed by atoms with Crippen LogP contribution in [0, 0.1) is 0 Å². The predicted octanol–water partition coefficient (Wildman–Crippen LogP) is 4.67. The number of nitrogens with one attached hydrogen (secondary N) is 1. The van der Waals surface area contributed by atoms with Gasteiger partial charge in [0.05, 0.1) is 13.2 Å². The van der Waals surface area contributed by atoms with Crippen LogP contribution in [0.25, 0.3) is 0 Å². The van der Waals surface area contributed by atoms with Gasteiger partial charge in [0.1, 0.15) is 5.01 Å². The van der Waals surface area contributed by atoms with E-state index in [0.29, 0.717) is 48.4 Å². The summed E-state index contributed by atoms with van der Waals surface area (Å²) >= 11 is 1.30. The zero-order valence-corrected chi connectivity index (χ0v) is 20.4. The first-order valence-corrected chi connectivity index (χ1v) is 12.3. The van der Waals surface area contributed by atoms with E-state index in [1.165, 1.54) is 11.3 Å². The molecule has 2 heterocycles. The lowest BCUT2D eigenvalue weighted by Crippen LogP contribution is -2.25.